The fourth-order valence-corrected chi connectivity index (χ4v) is 2.48. The van der Waals surface area contributed by atoms with Gasteiger partial charge in [0.25, 0.3) is 0 Å². The van der Waals surface area contributed by atoms with Crippen LogP contribution in [-0.4, -0.2) is 36.0 Å². The van der Waals surface area contributed by atoms with Crippen molar-refractivity contribution in [3.05, 3.63) is 11.6 Å². The van der Waals surface area contributed by atoms with Crippen LogP contribution in [0.4, 0.5) is 0 Å². The number of allylic oxidation sites excluding steroid dienone is 1. The summed E-state index contributed by atoms with van der Waals surface area (Å²) in [6.07, 6.45) is 5.37. The van der Waals surface area contributed by atoms with Gasteiger partial charge in [0.15, 0.2) is 0 Å². The van der Waals surface area contributed by atoms with E-state index in [9.17, 15) is 4.79 Å². The first-order valence-electron chi connectivity index (χ1n) is 5.85. The second-order valence-electron chi connectivity index (χ2n) is 4.93. The predicted octanol–water partition coefficient (Wildman–Crippen LogP) is 1.31. The van der Waals surface area contributed by atoms with Crippen molar-refractivity contribution in [2.45, 2.75) is 45.2 Å². The zero-order valence-corrected chi connectivity index (χ0v) is 9.62. The molecule has 2 aliphatic heterocycles. The molecule has 2 saturated heterocycles. The number of likely N-dealkylation sites (tertiary alicyclic amines) is 1. The molecular formula is C12H20N2O. The topological polar surface area (TPSA) is 32.3 Å². The van der Waals surface area contributed by atoms with Crippen molar-refractivity contribution in [2.24, 2.45) is 0 Å². The van der Waals surface area contributed by atoms with Gasteiger partial charge in [-0.15, -0.1) is 0 Å². The Bertz CT molecular complexity index is 281. The molecule has 0 aromatic rings. The molecule has 0 spiro atoms. The average Bonchev–Trinajstić information content (AvgIpc) is 2.44. The first kappa shape index (κ1) is 10.7. The summed E-state index contributed by atoms with van der Waals surface area (Å²) in [5.74, 6) is 0.185. The third-order valence-electron chi connectivity index (χ3n) is 3.25. The Hall–Kier alpha value is -0.830. The lowest BCUT2D eigenvalue weighted by molar-refractivity contribution is -0.126. The quantitative estimate of drug-likeness (QED) is 0.659. The Morgan fingerprint density at radius 2 is 2.00 bits per heavy atom. The van der Waals surface area contributed by atoms with Gasteiger partial charge in [0, 0.05) is 31.2 Å². The minimum Gasteiger partial charge on any atom is -0.338 e. The molecule has 0 unspecified atom stereocenters. The van der Waals surface area contributed by atoms with Crippen molar-refractivity contribution < 1.29 is 4.79 Å². The Morgan fingerprint density at radius 1 is 1.27 bits per heavy atom. The normalized spacial score (nSPS) is 29.9. The van der Waals surface area contributed by atoms with Crippen molar-refractivity contribution >= 4 is 5.91 Å². The van der Waals surface area contributed by atoms with Gasteiger partial charge in [0.2, 0.25) is 5.91 Å². The predicted molar refractivity (Wildman–Crippen MR) is 60.6 cm³/mol. The van der Waals surface area contributed by atoms with Crippen LogP contribution in [0, 0.1) is 0 Å². The summed E-state index contributed by atoms with van der Waals surface area (Å²) >= 11 is 0. The van der Waals surface area contributed by atoms with Crippen LogP contribution >= 0.6 is 0 Å². The minimum absolute atomic E-state index is 0.185. The molecule has 0 saturated carbocycles. The van der Waals surface area contributed by atoms with Gasteiger partial charge in [-0.1, -0.05) is 5.57 Å². The molecule has 0 aromatic carbocycles. The summed E-state index contributed by atoms with van der Waals surface area (Å²) in [4.78, 5) is 13.8. The molecule has 0 radical (unpaired) electrons. The largest absolute Gasteiger partial charge is 0.338 e. The zero-order valence-electron chi connectivity index (χ0n) is 9.62. The maximum absolute atomic E-state index is 11.9. The molecule has 3 heteroatoms. The zero-order chi connectivity index (χ0) is 10.8. The van der Waals surface area contributed by atoms with Gasteiger partial charge in [0.05, 0.1) is 0 Å². The molecule has 2 atom stereocenters. The third-order valence-corrected chi connectivity index (χ3v) is 3.25. The number of nitrogens with one attached hydrogen (secondary N) is 1. The standard InChI is InChI=1S/C12H20N2O/c1-9(2)7-12(15)14-6-5-10-3-4-11(8-14)13-10/h7,10-11,13H,3-6,8H2,1-2H3/t10-,11+/m1/s1. The SMILES string of the molecule is CC(C)=CC(=O)N1CC[C@H]2CC[C@@H](C1)N2. The van der Waals surface area contributed by atoms with Crippen molar-refractivity contribution in [3.8, 4) is 0 Å². The Morgan fingerprint density at radius 3 is 2.73 bits per heavy atom. The van der Waals surface area contributed by atoms with Crippen LogP contribution in [-0.2, 0) is 4.79 Å². The van der Waals surface area contributed by atoms with Crippen LogP contribution in [0.15, 0.2) is 11.6 Å². The Balaban J connectivity index is 1.99. The van der Waals surface area contributed by atoms with E-state index in [1.165, 1.54) is 12.8 Å². The fraction of sp³-hybridized carbons (Fsp3) is 0.750. The van der Waals surface area contributed by atoms with Crippen molar-refractivity contribution in [1.29, 1.82) is 0 Å². The number of carbonyl (C=O) groups is 1. The van der Waals surface area contributed by atoms with Gasteiger partial charge in [-0.2, -0.15) is 0 Å². The van der Waals surface area contributed by atoms with E-state index in [1.807, 2.05) is 18.7 Å². The van der Waals surface area contributed by atoms with Crippen LogP contribution in [0.25, 0.3) is 0 Å². The summed E-state index contributed by atoms with van der Waals surface area (Å²) in [7, 11) is 0. The summed E-state index contributed by atoms with van der Waals surface area (Å²) < 4.78 is 0. The van der Waals surface area contributed by atoms with E-state index < -0.39 is 0 Å². The van der Waals surface area contributed by atoms with E-state index in [4.69, 9.17) is 0 Å². The van der Waals surface area contributed by atoms with Gasteiger partial charge in [-0.3, -0.25) is 4.79 Å². The van der Waals surface area contributed by atoms with Gasteiger partial charge < -0.3 is 10.2 Å². The van der Waals surface area contributed by atoms with Crippen LogP contribution < -0.4 is 5.32 Å². The molecule has 1 amide bonds. The molecule has 0 aromatic heterocycles. The van der Waals surface area contributed by atoms with E-state index in [0.717, 1.165) is 25.1 Å². The number of carbonyl (C=O) groups excluding carboxylic acids is 1. The lowest BCUT2D eigenvalue weighted by Crippen LogP contribution is -2.38. The number of rotatable bonds is 1. The summed E-state index contributed by atoms with van der Waals surface area (Å²) in [5, 5.41) is 3.58. The molecule has 15 heavy (non-hydrogen) atoms. The van der Waals surface area contributed by atoms with E-state index in [2.05, 4.69) is 5.32 Å². The molecule has 2 bridgehead atoms. The Labute approximate surface area is 91.5 Å². The van der Waals surface area contributed by atoms with Crippen molar-refractivity contribution in [3.63, 3.8) is 0 Å². The lowest BCUT2D eigenvalue weighted by atomic mass is 10.1. The lowest BCUT2D eigenvalue weighted by Gasteiger charge is -2.23. The maximum atomic E-state index is 11.9. The molecule has 2 heterocycles. The third kappa shape index (κ3) is 2.59. The summed E-state index contributed by atoms with van der Waals surface area (Å²) in [6.45, 7) is 5.75. The Kier molecular flexibility index (Phi) is 3.10. The second kappa shape index (κ2) is 4.35. The monoisotopic (exact) mass is 208 g/mol. The van der Waals surface area contributed by atoms with Gasteiger partial charge in [0.1, 0.15) is 0 Å². The molecule has 2 rings (SSSR count). The molecule has 3 nitrogen and oxygen atoms in total. The number of amides is 1. The second-order valence-corrected chi connectivity index (χ2v) is 4.93. The molecular weight excluding hydrogens is 188 g/mol. The van der Waals surface area contributed by atoms with Crippen molar-refractivity contribution in [2.75, 3.05) is 13.1 Å². The molecule has 2 aliphatic rings. The van der Waals surface area contributed by atoms with Crippen LogP contribution in [0.5, 0.6) is 0 Å². The smallest absolute Gasteiger partial charge is 0.246 e. The molecule has 2 fully saturated rings. The first-order chi connectivity index (χ1) is 7.15. The molecule has 1 N–H and O–H groups in total. The number of fused-ring (bicyclic) bond motifs is 2. The fourth-order valence-electron chi connectivity index (χ4n) is 2.48. The number of hydrogen-bond acceptors (Lipinski definition) is 2. The maximum Gasteiger partial charge on any atom is 0.246 e. The van der Waals surface area contributed by atoms with E-state index >= 15 is 0 Å². The highest BCUT2D eigenvalue weighted by atomic mass is 16.2. The summed E-state index contributed by atoms with van der Waals surface area (Å²) in [6, 6.07) is 1.19. The van der Waals surface area contributed by atoms with Crippen molar-refractivity contribution in [1.82, 2.24) is 10.2 Å². The van der Waals surface area contributed by atoms with Crippen LogP contribution in [0.2, 0.25) is 0 Å². The average molecular weight is 208 g/mol. The van der Waals surface area contributed by atoms with Gasteiger partial charge >= 0.3 is 0 Å². The van der Waals surface area contributed by atoms with E-state index in [-0.39, 0.29) is 5.91 Å². The molecule has 0 aliphatic carbocycles. The number of nitrogens with zero attached hydrogens (tertiary/aromatic N) is 1. The van der Waals surface area contributed by atoms with E-state index in [0.29, 0.717) is 12.1 Å². The van der Waals surface area contributed by atoms with E-state index in [1.54, 1.807) is 6.08 Å². The van der Waals surface area contributed by atoms with Gasteiger partial charge in [-0.25, -0.2) is 0 Å². The highest BCUT2D eigenvalue weighted by Crippen LogP contribution is 2.20. The highest BCUT2D eigenvalue weighted by Gasteiger charge is 2.30. The first-order valence-corrected chi connectivity index (χ1v) is 5.85. The highest BCUT2D eigenvalue weighted by molar-refractivity contribution is 5.88. The molecule has 84 valence electrons. The number of hydrogen-bond donors (Lipinski definition) is 1. The van der Waals surface area contributed by atoms with Crippen LogP contribution in [0.1, 0.15) is 33.1 Å². The minimum atomic E-state index is 0.185. The summed E-state index contributed by atoms with van der Waals surface area (Å²) in [5.41, 5.74) is 1.09. The van der Waals surface area contributed by atoms with Crippen LogP contribution in [0.3, 0.4) is 0 Å². The van der Waals surface area contributed by atoms with Gasteiger partial charge in [-0.05, 0) is 33.1 Å².